The molecule has 0 aromatic heterocycles. The Labute approximate surface area is 169 Å². The number of carbonyl (C=O) groups is 2. The summed E-state index contributed by atoms with van der Waals surface area (Å²) in [4.78, 5) is 23.3. The van der Waals surface area contributed by atoms with E-state index in [0.29, 0.717) is 11.3 Å². The summed E-state index contributed by atoms with van der Waals surface area (Å²) in [5.74, 6) is 0.319. The first kappa shape index (κ1) is 20.1. The molecule has 148 valence electrons. The molecule has 6 heteroatoms. The molecule has 0 fully saturated rings. The van der Waals surface area contributed by atoms with Gasteiger partial charge in [-0.3, -0.25) is 9.59 Å². The molecule has 2 N–H and O–H groups in total. The molecule has 0 radical (unpaired) electrons. The van der Waals surface area contributed by atoms with E-state index in [1.807, 2.05) is 50.2 Å². The van der Waals surface area contributed by atoms with Gasteiger partial charge in [0.15, 0.2) is 0 Å². The molecule has 0 aliphatic rings. The van der Waals surface area contributed by atoms with Gasteiger partial charge in [-0.1, -0.05) is 24.3 Å². The number of anilines is 1. The van der Waals surface area contributed by atoms with Gasteiger partial charge in [0.2, 0.25) is 5.91 Å². The van der Waals surface area contributed by atoms with Gasteiger partial charge in [0.1, 0.15) is 5.75 Å². The molecule has 29 heavy (non-hydrogen) atoms. The Kier molecular flexibility index (Phi) is 6.24. The van der Waals surface area contributed by atoms with E-state index in [2.05, 4.69) is 15.8 Å². The SMILES string of the molecule is CC(=O)Nc1ccc(C(=O)N/N=C\c2ccc(OC(C)C)c3ccccc23)cc1. The van der Waals surface area contributed by atoms with E-state index in [4.69, 9.17) is 4.74 Å². The quantitative estimate of drug-likeness (QED) is 0.486. The number of hydrazone groups is 1. The fourth-order valence-corrected chi connectivity index (χ4v) is 2.90. The average Bonchev–Trinajstić information content (AvgIpc) is 2.69. The molecule has 0 saturated heterocycles. The van der Waals surface area contributed by atoms with E-state index in [0.717, 1.165) is 22.1 Å². The van der Waals surface area contributed by atoms with Crippen LogP contribution >= 0.6 is 0 Å². The number of amides is 2. The van der Waals surface area contributed by atoms with E-state index in [-0.39, 0.29) is 17.9 Å². The highest BCUT2D eigenvalue weighted by Crippen LogP contribution is 2.28. The zero-order valence-electron chi connectivity index (χ0n) is 16.6. The number of ether oxygens (including phenoxy) is 1. The summed E-state index contributed by atoms with van der Waals surface area (Å²) in [6.07, 6.45) is 1.69. The van der Waals surface area contributed by atoms with Gasteiger partial charge in [-0.25, -0.2) is 5.43 Å². The number of carbonyl (C=O) groups excluding carboxylic acids is 2. The first-order valence-corrected chi connectivity index (χ1v) is 9.33. The summed E-state index contributed by atoms with van der Waals surface area (Å²) in [7, 11) is 0. The number of fused-ring (bicyclic) bond motifs is 1. The van der Waals surface area contributed by atoms with Gasteiger partial charge < -0.3 is 10.1 Å². The Hall–Kier alpha value is -3.67. The molecule has 0 unspecified atom stereocenters. The first-order valence-electron chi connectivity index (χ1n) is 9.33. The lowest BCUT2D eigenvalue weighted by Gasteiger charge is -2.13. The van der Waals surface area contributed by atoms with E-state index >= 15 is 0 Å². The van der Waals surface area contributed by atoms with E-state index in [1.165, 1.54) is 6.92 Å². The number of rotatable bonds is 6. The van der Waals surface area contributed by atoms with E-state index in [1.54, 1.807) is 30.5 Å². The van der Waals surface area contributed by atoms with Gasteiger partial charge in [-0.05, 0) is 55.6 Å². The zero-order chi connectivity index (χ0) is 20.8. The minimum atomic E-state index is -0.334. The summed E-state index contributed by atoms with van der Waals surface area (Å²) >= 11 is 0. The minimum Gasteiger partial charge on any atom is -0.490 e. The third-order valence-corrected chi connectivity index (χ3v) is 4.12. The Morgan fingerprint density at radius 3 is 2.31 bits per heavy atom. The lowest BCUT2D eigenvalue weighted by molar-refractivity contribution is -0.114. The molecule has 0 bridgehead atoms. The van der Waals surface area contributed by atoms with Crippen LogP contribution in [0.1, 0.15) is 36.7 Å². The fraction of sp³-hybridized carbons (Fsp3) is 0.174. The number of hydrogen-bond acceptors (Lipinski definition) is 4. The highest BCUT2D eigenvalue weighted by atomic mass is 16.5. The average molecular weight is 389 g/mol. The predicted octanol–water partition coefficient (Wildman–Crippen LogP) is 4.35. The van der Waals surface area contributed by atoms with Crippen LogP contribution in [0.5, 0.6) is 5.75 Å². The second-order valence-electron chi connectivity index (χ2n) is 6.82. The topological polar surface area (TPSA) is 79.8 Å². The van der Waals surface area contributed by atoms with Crippen LogP contribution in [-0.2, 0) is 4.79 Å². The lowest BCUT2D eigenvalue weighted by atomic mass is 10.0. The lowest BCUT2D eigenvalue weighted by Crippen LogP contribution is -2.17. The van der Waals surface area contributed by atoms with Crippen molar-refractivity contribution in [3.8, 4) is 5.75 Å². The van der Waals surface area contributed by atoms with Crippen LogP contribution in [0.2, 0.25) is 0 Å². The van der Waals surface area contributed by atoms with E-state index in [9.17, 15) is 9.59 Å². The van der Waals surface area contributed by atoms with Gasteiger partial charge >= 0.3 is 0 Å². The molecule has 3 aromatic carbocycles. The number of nitrogens with zero attached hydrogens (tertiary/aromatic N) is 1. The molecule has 6 nitrogen and oxygen atoms in total. The van der Waals surface area contributed by atoms with Gasteiger partial charge in [0.25, 0.3) is 5.91 Å². The molecule has 3 aromatic rings. The number of hydrogen-bond donors (Lipinski definition) is 2. The molecule has 0 spiro atoms. The monoisotopic (exact) mass is 389 g/mol. The molecule has 2 amide bonds. The van der Waals surface area contributed by atoms with Crippen molar-refractivity contribution in [1.29, 1.82) is 0 Å². The minimum absolute atomic E-state index is 0.0780. The highest BCUT2D eigenvalue weighted by molar-refractivity contribution is 6.03. The molecular weight excluding hydrogens is 366 g/mol. The summed E-state index contributed by atoms with van der Waals surface area (Å²) < 4.78 is 5.88. The molecule has 0 aliphatic carbocycles. The van der Waals surface area contributed by atoms with Gasteiger partial charge in [0, 0.05) is 29.1 Å². The first-order chi connectivity index (χ1) is 13.9. The largest absolute Gasteiger partial charge is 0.490 e. The maximum Gasteiger partial charge on any atom is 0.271 e. The molecule has 0 atom stereocenters. The molecule has 0 aliphatic heterocycles. The van der Waals surface area contributed by atoms with E-state index < -0.39 is 0 Å². The smallest absolute Gasteiger partial charge is 0.271 e. The Balaban J connectivity index is 1.74. The predicted molar refractivity (Wildman–Crippen MR) is 116 cm³/mol. The third-order valence-electron chi connectivity index (χ3n) is 4.12. The standard InChI is InChI=1S/C23H23N3O3/c1-15(2)29-22-13-10-18(20-6-4-5-7-21(20)22)14-24-26-23(28)17-8-11-19(12-9-17)25-16(3)27/h4-15H,1-3H3,(H,25,27)(H,26,28)/b24-14-. The van der Waals surface area contributed by atoms with Crippen LogP contribution in [-0.4, -0.2) is 24.1 Å². The van der Waals surface area contributed by atoms with Crippen molar-refractivity contribution < 1.29 is 14.3 Å². The van der Waals surface area contributed by atoms with Crippen molar-refractivity contribution in [3.05, 3.63) is 71.8 Å². The van der Waals surface area contributed by atoms with Gasteiger partial charge in [-0.15, -0.1) is 0 Å². The Bertz CT molecular complexity index is 1060. The van der Waals surface area contributed by atoms with Crippen LogP contribution in [0, 0.1) is 0 Å². The van der Waals surface area contributed by atoms with Crippen LogP contribution < -0.4 is 15.5 Å². The molecular formula is C23H23N3O3. The summed E-state index contributed by atoms with van der Waals surface area (Å²) in [5.41, 5.74) is 4.48. The normalized spacial score (nSPS) is 11.0. The van der Waals surface area contributed by atoms with Crippen molar-refractivity contribution in [2.75, 3.05) is 5.32 Å². The van der Waals surface area contributed by atoms with Crippen molar-refractivity contribution in [2.24, 2.45) is 5.10 Å². The molecule has 0 saturated carbocycles. The van der Waals surface area contributed by atoms with Crippen molar-refractivity contribution in [2.45, 2.75) is 26.9 Å². The fourth-order valence-electron chi connectivity index (χ4n) is 2.90. The van der Waals surface area contributed by atoms with Crippen molar-refractivity contribution in [1.82, 2.24) is 5.43 Å². The third kappa shape index (κ3) is 5.19. The number of nitrogens with one attached hydrogen (secondary N) is 2. The Morgan fingerprint density at radius 2 is 1.66 bits per heavy atom. The summed E-state index contributed by atoms with van der Waals surface area (Å²) in [5, 5.41) is 8.73. The van der Waals surface area contributed by atoms with Crippen LogP contribution in [0.4, 0.5) is 5.69 Å². The van der Waals surface area contributed by atoms with Crippen LogP contribution in [0.15, 0.2) is 65.8 Å². The second-order valence-corrected chi connectivity index (χ2v) is 6.82. The van der Waals surface area contributed by atoms with Crippen LogP contribution in [0.3, 0.4) is 0 Å². The summed E-state index contributed by atoms with van der Waals surface area (Å²) in [6.45, 7) is 5.41. The maximum absolute atomic E-state index is 12.3. The van der Waals surface area contributed by atoms with Gasteiger partial charge in [-0.2, -0.15) is 5.10 Å². The molecule has 3 rings (SSSR count). The second kappa shape index (κ2) is 9.01. The maximum atomic E-state index is 12.3. The zero-order valence-corrected chi connectivity index (χ0v) is 16.6. The van der Waals surface area contributed by atoms with Gasteiger partial charge in [0.05, 0.1) is 12.3 Å². The van der Waals surface area contributed by atoms with Crippen LogP contribution in [0.25, 0.3) is 10.8 Å². The summed E-state index contributed by atoms with van der Waals surface area (Å²) in [6, 6.07) is 18.3. The Morgan fingerprint density at radius 1 is 0.966 bits per heavy atom. The molecule has 0 heterocycles. The number of benzene rings is 3. The van der Waals surface area contributed by atoms with Crippen molar-refractivity contribution in [3.63, 3.8) is 0 Å². The van der Waals surface area contributed by atoms with Crippen molar-refractivity contribution >= 4 is 34.5 Å². The highest BCUT2D eigenvalue weighted by Gasteiger charge is 2.08.